The number of hydrogen-bond acceptors (Lipinski definition) is 2. The van der Waals surface area contributed by atoms with Crippen molar-refractivity contribution >= 4 is 0 Å². The minimum absolute atomic E-state index is 0.480. The van der Waals surface area contributed by atoms with Crippen LogP contribution in [-0.2, 0) is 15.9 Å². The molecule has 0 aliphatic carbocycles. The molecule has 86 valence electrons. The highest BCUT2D eigenvalue weighted by Crippen LogP contribution is 2.01. The Labute approximate surface area is 97.6 Å². The van der Waals surface area contributed by atoms with Crippen molar-refractivity contribution in [1.82, 2.24) is 0 Å². The van der Waals surface area contributed by atoms with Crippen molar-refractivity contribution in [1.29, 1.82) is 0 Å². The van der Waals surface area contributed by atoms with Crippen molar-refractivity contribution in [3.63, 3.8) is 0 Å². The first-order valence-electron chi connectivity index (χ1n) is 5.50. The zero-order valence-electron chi connectivity index (χ0n) is 9.74. The van der Waals surface area contributed by atoms with Gasteiger partial charge in [-0.05, 0) is 18.4 Å². The first-order valence-corrected chi connectivity index (χ1v) is 5.50. The molecule has 0 radical (unpaired) electrons. The molecule has 0 bridgehead atoms. The van der Waals surface area contributed by atoms with Crippen molar-refractivity contribution in [3.05, 3.63) is 35.9 Å². The molecule has 2 heteroatoms. The summed E-state index contributed by atoms with van der Waals surface area (Å²) in [5.41, 5.74) is 1.36. The summed E-state index contributed by atoms with van der Waals surface area (Å²) in [6.45, 7) is 1.74. The Morgan fingerprint density at radius 2 is 1.81 bits per heavy atom. The molecule has 1 aromatic carbocycles. The lowest BCUT2D eigenvalue weighted by molar-refractivity contribution is 0.164. The van der Waals surface area contributed by atoms with Crippen LogP contribution in [0.4, 0.5) is 0 Å². The summed E-state index contributed by atoms with van der Waals surface area (Å²) in [7, 11) is 1.63. The Morgan fingerprint density at radius 3 is 2.56 bits per heavy atom. The molecule has 0 spiro atoms. The SMILES string of the molecule is COCC#CCOCCCc1ccccc1. The van der Waals surface area contributed by atoms with E-state index in [-0.39, 0.29) is 0 Å². The summed E-state index contributed by atoms with van der Waals surface area (Å²) in [4.78, 5) is 0. The van der Waals surface area contributed by atoms with E-state index in [9.17, 15) is 0 Å². The topological polar surface area (TPSA) is 18.5 Å². The average molecular weight is 218 g/mol. The van der Waals surface area contributed by atoms with E-state index < -0.39 is 0 Å². The van der Waals surface area contributed by atoms with Crippen LogP contribution in [0.1, 0.15) is 12.0 Å². The standard InChI is InChI=1S/C14H18O2/c1-15-11-5-6-12-16-13-7-10-14-8-3-2-4-9-14/h2-4,8-9H,7,10-13H2,1H3. The lowest BCUT2D eigenvalue weighted by atomic mass is 10.1. The Bertz CT molecular complexity index is 322. The zero-order chi connectivity index (χ0) is 11.5. The smallest absolute Gasteiger partial charge is 0.107 e. The van der Waals surface area contributed by atoms with E-state index in [0.717, 1.165) is 19.4 Å². The third-order valence-electron chi connectivity index (χ3n) is 2.11. The number of rotatable bonds is 6. The van der Waals surface area contributed by atoms with Gasteiger partial charge >= 0.3 is 0 Å². The first kappa shape index (κ1) is 12.8. The number of aryl methyl sites for hydroxylation is 1. The van der Waals surface area contributed by atoms with Gasteiger partial charge in [-0.15, -0.1) is 0 Å². The van der Waals surface area contributed by atoms with Gasteiger partial charge in [0.1, 0.15) is 13.2 Å². The summed E-state index contributed by atoms with van der Waals surface area (Å²) in [5, 5.41) is 0. The maximum atomic E-state index is 5.37. The Kier molecular flexibility index (Phi) is 7.15. The summed E-state index contributed by atoms with van der Waals surface area (Å²) in [6, 6.07) is 10.4. The van der Waals surface area contributed by atoms with Crippen molar-refractivity contribution in [2.24, 2.45) is 0 Å². The van der Waals surface area contributed by atoms with E-state index in [1.54, 1.807) is 7.11 Å². The van der Waals surface area contributed by atoms with Gasteiger partial charge in [-0.25, -0.2) is 0 Å². The molecule has 1 rings (SSSR count). The van der Waals surface area contributed by atoms with Crippen LogP contribution in [0.5, 0.6) is 0 Å². The van der Waals surface area contributed by atoms with Gasteiger partial charge in [0.05, 0.1) is 0 Å². The molecular formula is C14H18O2. The van der Waals surface area contributed by atoms with Crippen LogP contribution in [0.15, 0.2) is 30.3 Å². The van der Waals surface area contributed by atoms with Gasteiger partial charge < -0.3 is 9.47 Å². The van der Waals surface area contributed by atoms with Crippen LogP contribution in [0.2, 0.25) is 0 Å². The molecule has 1 aromatic rings. The van der Waals surface area contributed by atoms with Gasteiger partial charge in [0, 0.05) is 13.7 Å². The molecule has 2 nitrogen and oxygen atoms in total. The molecule has 0 heterocycles. The third kappa shape index (κ3) is 6.23. The highest BCUT2D eigenvalue weighted by Gasteiger charge is 1.91. The van der Waals surface area contributed by atoms with Gasteiger partial charge in [-0.1, -0.05) is 42.2 Å². The minimum Gasteiger partial charge on any atom is -0.372 e. The number of methoxy groups -OCH3 is 1. The van der Waals surface area contributed by atoms with Gasteiger partial charge in [0.15, 0.2) is 0 Å². The number of ether oxygens (including phenoxy) is 2. The first-order chi connectivity index (χ1) is 7.93. The Balaban J connectivity index is 1.99. The number of benzene rings is 1. The second-order valence-electron chi connectivity index (χ2n) is 3.43. The highest BCUT2D eigenvalue weighted by atomic mass is 16.5. The molecule has 0 saturated carbocycles. The molecule has 0 aliphatic heterocycles. The fraction of sp³-hybridized carbons (Fsp3) is 0.429. The van der Waals surface area contributed by atoms with Gasteiger partial charge in [0.25, 0.3) is 0 Å². The molecule has 0 amide bonds. The van der Waals surface area contributed by atoms with E-state index in [0.29, 0.717) is 13.2 Å². The zero-order valence-corrected chi connectivity index (χ0v) is 9.74. The molecule has 0 atom stereocenters. The van der Waals surface area contributed by atoms with Crippen molar-refractivity contribution < 1.29 is 9.47 Å². The van der Waals surface area contributed by atoms with Crippen LogP contribution in [0.3, 0.4) is 0 Å². The lowest BCUT2D eigenvalue weighted by Gasteiger charge is -2.00. The van der Waals surface area contributed by atoms with Crippen LogP contribution in [0.25, 0.3) is 0 Å². The Morgan fingerprint density at radius 1 is 1.06 bits per heavy atom. The number of hydrogen-bond donors (Lipinski definition) is 0. The molecule has 0 saturated heterocycles. The molecule has 0 unspecified atom stereocenters. The van der Waals surface area contributed by atoms with Crippen LogP contribution >= 0.6 is 0 Å². The van der Waals surface area contributed by atoms with Crippen LogP contribution in [-0.4, -0.2) is 26.9 Å². The van der Waals surface area contributed by atoms with Crippen molar-refractivity contribution in [2.45, 2.75) is 12.8 Å². The summed E-state index contributed by atoms with van der Waals surface area (Å²) in [5.74, 6) is 5.73. The average Bonchev–Trinajstić information content (AvgIpc) is 2.34. The van der Waals surface area contributed by atoms with Gasteiger partial charge in [0.2, 0.25) is 0 Å². The minimum atomic E-state index is 0.480. The monoisotopic (exact) mass is 218 g/mol. The fourth-order valence-corrected chi connectivity index (χ4v) is 1.32. The molecule has 0 aromatic heterocycles. The van der Waals surface area contributed by atoms with Crippen molar-refractivity contribution in [3.8, 4) is 11.8 Å². The molecule has 0 fully saturated rings. The Hall–Kier alpha value is -1.30. The van der Waals surface area contributed by atoms with Gasteiger partial charge in [-0.2, -0.15) is 0 Å². The van der Waals surface area contributed by atoms with E-state index in [1.807, 2.05) is 6.07 Å². The maximum Gasteiger partial charge on any atom is 0.107 e. The quantitative estimate of drug-likeness (QED) is 0.539. The van der Waals surface area contributed by atoms with Gasteiger partial charge in [-0.3, -0.25) is 0 Å². The van der Waals surface area contributed by atoms with Crippen molar-refractivity contribution in [2.75, 3.05) is 26.9 Å². The second kappa shape index (κ2) is 8.96. The molecular weight excluding hydrogens is 200 g/mol. The van der Waals surface area contributed by atoms with Crippen LogP contribution in [0, 0.1) is 11.8 Å². The van der Waals surface area contributed by atoms with E-state index >= 15 is 0 Å². The summed E-state index contributed by atoms with van der Waals surface area (Å²) >= 11 is 0. The molecule has 16 heavy (non-hydrogen) atoms. The summed E-state index contributed by atoms with van der Waals surface area (Å²) in [6.07, 6.45) is 2.10. The fourth-order valence-electron chi connectivity index (χ4n) is 1.32. The summed E-state index contributed by atoms with van der Waals surface area (Å²) < 4.78 is 10.2. The largest absolute Gasteiger partial charge is 0.372 e. The second-order valence-corrected chi connectivity index (χ2v) is 3.43. The normalized spacial score (nSPS) is 9.56. The van der Waals surface area contributed by atoms with Crippen LogP contribution < -0.4 is 0 Å². The maximum absolute atomic E-state index is 5.37. The molecule has 0 N–H and O–H groups in total. The predicted octanol–water partition coefficient (Wildman–Crippen LogP) is 2.29. The lowest BCUT2D eigenvalue weighted by Crippen LogP contribution is -1.97. The third-order valence-corrected chi connectivity index (χ3v) is 2.11. The van der Waals surface area contributed by atoms with E-state index in [1.165, 1.54) is 5.56 Å². The highest BCUT2D eigenvalue weighted by molar-refractivity contribution is 5.14. The predicted molar refractivity (Wildman–Crippen MR) is 65.2 cm³/mol. The molecule has 0 aliphatic rings. The van der Waals surface area contributed by atoms with E-state index in [4.69, 9.17) is 9.47 Å². The van der Waals surface area contributed by atoms with E-state index in [2.05, 4.69) is 36.1 Å².